The van der Waals surface area contributed by atoms with E-state index in [1.165, 1.54) is 11.3 Å². The molecule has 29 heavy (non-hydrogen) atoms. The summed E-state index contributed by atoms with van der Waals surface area (Å²) in [6, 6.07) is 18.7. The minimum atomic E-state index is -0.165. The van der Waals surface area contributed by atoms with Crippen LogP contribution in [0, 0.1) is 0 Å². The topological polar surface area (TPSA) is 58.6 Å². The molecule has 1 saturated heterocycles. The smallest absolute Gasteiger partial charge is 0.265 e. The summed E-state index contributed by atoms with van der Waals surface area (Å²) < 4.78 is 5.23. The molecule has 3 aromatic rings. The van der Waals surface area contributed by atoms with E-state index in [0.29, 0.717) is 16.1 Å². The van der Waals surface area contributed by atoms with Crippen LogP contribution < -0.4 is 10.1 Å². The van der Waals surface area contributed by atoms with E-state index in [4.69, 9.17) is 4.74 Å². The molecule has 148 valence electrons. The van der Waals surface area contributed by atoms with Crippen molar-refractivity contribution in [3.63, 3.8) is 0 Å². The average Bonchev–Trinajstić information content (AvgIpc) is 3.46. The van der Waals surface area contributed by atoms with Crippen LogP contribution in [0.25, 0.3) is 0 Å². The summed E-state index contributed by atoms with van der Waals surface area (Å²) in [5.74, 6) is 0.622. The standard InChI is InChI=1S/C23H22N2O3S/c1-28-19-11-9-16(10-12-19)20-7-3-13-25(20)23(27)17-5-2-6-18(15-17)24-22(26)21-8-4-14-29-21/h2,4-6,8-12,14-15,20H,3,7,13H2,1H3,(H,24,26). The van der Waals surface area contributed by atoms with Crippen LogP contribution in [0.2, 0.25) is 0 Å². The van der Waals surface area contributed by atoms with Crippen LogP contribution in [0.15, 0.2) is 66.0 Å². The van der Waals surface area contributed by atoms with Gasteiger partial charge in [-0.3, -0.25) is 9.59 Å². The van der Waals surface area contributed by atoms with Gasteiger partial charge < -0.3 is 15.0 Å². The Labute approximate surface area is 173 Å². The number of carbonyl (C=O) groups excluding carboxylic acids is 2. The second-order valence-electron chi connectivity index (χ2n) is 6.94. The van der Waals surface area contributed by atoms with Crippen LogP contribution >= 0.6 is 11.3 Å². The average molecular weight is 407 g/mol. The molecule has 2 amide bonds. The van der Waals surface area contributed by atoms with Gasteiger partial charge in [0.15, 0.2) is 0 Å². The second kappa shape index (κ2) is 8.49. The van der Waals surface area contributed by atoms with E-state index in [2.05, 4.69) is 5.32 Å². The van der Waals surface area contributed by atoms with Crippen LogP contribution in [-0.4, -0.2) is 30.4 Å². The number of nitrogens with zero attached hydrogens (tertiary/aromatic N) is 1. The molecule has 1 fully saturated rings. The number of benzene rings is 2. The number of likely N-dealkylation sites (tertiary alicyclic amines) is 1. The lowest BCUT2D eigenvalue weighted by molar-refractivity contribution is 0.0735. The zero-order valence-corrected chi connectivity index (χ0v) is 16.9. The first-order chi connectivity index (χ1) is 14.2. The molecule has 5 nitrogen and oxygen atoms in total. The van der Waals surface area contributed by atoms with Crippen molar-refractivity contribution in [2.24, 2.45) is 0 Å². The first kappa shape index (κ1) is 19.2. The van der Waals surface area contributed by atoms with Crippen molar-refractivity contribution in [3.05, 3.63) is 82.0 Å². The van der Waals surface area contributed by atoms with Crippen molar-refractivity contribution < 1.29 is 14.3 Å². The van der Waals surface area contributed by atoms with Gasteiger partial charge >= 0.3 is 0 Å². The van der Waals surface area contributed by atoms with E-state index in [9.17, 15) is 9.59 Å². The van der Waals surface area contributed by atoms with Gasteiger partial charge in [-0.05, 0) is 60.2 Å². The molecule has 1 aliphatic heterocycles. The molecular weight excluding hydrogens is 384 g/mol. The highest BCUT2D eigenvalue weighted by Gasteiger charge is 2.30. The molecule has 2 heterocycles. The predicted octanol–water partition coefficient (Wildman–Crippen LogP) is 4.99. The van der Waals surface area contributed by atoms with Crippen LogP contribution in [0.4, 0.5) is 5.69 Å². The fraction of sp³-hybridized carbons (Fsp3) is 0.217. The summed E-state index contributed by atoms with van der Waals surface area (Å²) in [6.07, 6.45) is 1.91. The maximum absolute atomic E-state index is 13.2. The number of ether oxygens (including phenoxy) is 1. The first-order valence-corrected chi connectivity index (χ1v) is 10.4. The van der Waals surface area contributed by atoms with Crippen molar-refractivity contribution >= 4 is 28.8 Å². The van der Waals surface area contributed by atoms with Gasteiger partial charge in [-0.2, -0.15) is 0 Å². The normalized spacial score (nSPS) is 15.9. The molecule has 1 unspecified atom stereocenters. The van der Waals surface area contributed by atoms with E-state index in [1.54, 1.807) is 37.4 Å². The van der Waals surface area contributed by atoms with Crippen LogP contribution in [0.5, 0.6) is 5.75 Å². The molecule has 6 heteroatoms. The number of carbonyl (C=O) groups is 2. The quantitative estimate of drug-likeness (QED) is 0.650. The Balaban J connectivity index is 1.51. The van der Waals surface area contributed by atoms with E-state index >= 15 is 0 Å². The molecule has 4 rings (SSSR count). The van der Waals surface area contributed by atoms with Gasteiger partial charge in [-0.25, -0.2) is 0 Å². The minimum absolute atomic E-state index is 0.0180. The fourth-order valence-corrected chi connectivity index (χ4v) is 4.30. The zero-order chi connectivity index (χ0) is 20.2. The Morgan fingerprint density at radius 3 is 2.66 bits per heavy atom. The molecule has 0 bridgehead atoms. The fourth-order valence-electron chi connectivity index (χ4n) is 3.68. The largest absolute Gasteiger partial charge is 0.497 e. The summed E-state index contributed by atoms with van der Waals surface area (Å²) in [5, 5.41) is 4.74. The number of rotatable bonds is 5. The molecule has 0 radical (unpaired) electrons. The number of amides is 2. The van der Waals surface area contributed by atoms with Crippen molar-refractivity contribution in [1.29, 1.82) is 0 Å². The van der Waals surface area contributed by atoms with Gasteiger partial charge in [0, 0.05) is 17.8 Å². The summed E-state index contributed by atoms with van der Waals surface area (Å²) in [7, 11) is 1.64. The SMILES string of the molecule is COc1ccc(C2CCCN2C(=O)c2cccc(NC(=O)c3cccs3)c2)cc1. The maximum atomic E-state index is 13.2. The van der Waals surface area contributed by atoms with E-state index in [0.717, 1.165) is 30.7 Å². The molecule has 1 N–H and O–H groups in total. The number of hydrogen-bond acceptors (Lipinski definition) is 4. The lowest BCUT2D eigenvalue weighted by Gasteiger charge is -2.25. The molecule has 1 atom stereocenters. The highest BCUT2D eigenvalue weighted by Crippen LogP contribution is 2.34. The maximum Gasteiger partial charge on any atom is 0.265 e. The van der Waals surface area contributed by atoms with Crippen molar-refractivity contribution in [2.45, 2.75) is 18.9 Å². The third-order valence-corrected chi connectivity index (χ3v) is 6.00. The summed E-state index contributed by atoms with van der Waals surface area (Å²) in [6.45, 7) is 0.724. The van der Waals surface area contributed by atoms with Crippen LogP contribution in [-0.2, 0) is 0 Å². The lowest BCUT2D eigenvalue weighted by atomic mass is 10.0. The lowest BCUT2D eigenvalue weighted by Crippen LogP contribution is -2.30. The Kier molecular flexibility index (Phi) is 5.62. The number of anilines is 1. The molecule has 1 aromatic heterocycles. The van der Waals surface area contributed by atoms with Crippen LogP contribution in [0.3, 0.4) is 0 Å². The van der Waals surface area contributed by atoms with Gasteiger partial charge in [0.1, 0.15) is 5.75 Å². The third-order valence-electron chi connectivity index (χ3n) is 5.13. The summed E-state index contributed by atoms with van der Waals surface area (Å²) in [4.78, 5) is 28.1. The predicted molar refractivity (Wildman–Crippen MR) is 115 cm³/mol. The van der Waals surface area contributed by atoms with Crippen molar-refractivity contribution in [1.82, 2.24) is 4.90 Å². The van der Waals surface area contributed by atoms with E-state index in [1.807, 2.05) is 40.6 Å². The Morgan fingerprint density at radius 1 is 1.10 bits per heavy atom. The molecule has 0 spiro atoms. The number of hydrogen-bond donors (Lipinski definition) is 1. The monoisotopic (exact) mass is 406 g/mol. The minimum Gasteiger partial charge on any atom is -0.497 e. The number of methoxy groups -OCH3 is 1. The summed E-state index contributed by atoms with van der Waals surface area (Å²) >= 11 is 1.39. The highest BCUT2D eigenvalue weighted by molar-refractivity contribution is 7.12. The highest BCUT2D eigenvalue weighted by atomic mass is 32.1. The molecule has 1 aliphatic rings. The Morgan fingerprint density at radius 2 is 1.93 bits per heavy atom. The third kappa shape index (κ3) is 4.17. The van der Waals surface area contributed by atoms with Gasteiger partial charge in [-0.15, -0.1) is 11.3 Å². The number of nitrogens with one attached hydrogen (secondary N) is 1. The second-order valence-corrected chi connectivity index (χ2v) is 7.89. The van der Waals surface area contributed by atoms with Gasteiger partial charge in [0.25, 0.3) is 11.8 Å². The molecule has 0 saturated carbocycles. The first-order valence-electron chi connectivity index (χ1n) is 9.55. The molecule has 0 aliphatic carbocycles. The van der Waals surface area contributed by atoms with Gasteiger partial charge in [-0.1, -0.05) is 24.3 Å². The van der Waals surface area contributed by atoms with Crippen LogP contribution in [0.1, 0.15) is 44.5 Å². The summed E-state index contributed by atoms with van der Waals surface area (Å²) in [5.41, 5.74) is 2.31. The van der Waals surface area contributed by atoms with Gasteiger partial charge in [0.05, 0.1) is 18.0 Å². The van der Waals surface area contributed by atoms with E-state index < -0.39 is 0 Å². The van der Waals surface area contributed by atoms with Crippen molar-refractivity contribution in [3.8, 4) is 5.75 Å². The molecular formula is C23H22N2O3S. The zero-order valence-electron chi connectivity index (χ0n) is 16.1. The van der Waals surface area contributed by atoms with E-state index in [-0.39, 0.29) is 17.9 Å². The Bertz CT molecular complexity index is 999. The van der Waals surface area contributed by atoms with Crippen molar-refractivity contribution in [2.75, 3.05) is 19.0 Å². The Hall–Kier alpha value is -3.12. The van der Waals surface area contributed by atoms with Gasteiger partial charge in [0.2, 0.25) is 0 Å². The number of thiophene rings is 1. The molecule has 2 aromatic carbocycles.